The Bertz CT molecular complexity index is 188. The Morgan fingerprint density at radius 2 is 2.31 bits per heavy atom. The summed E-state index contributed by atoms with van der Waals surface area (Å²) < 4.78 is 5.30. The van der Waals surface area contributed by atoms with Crippen LogP contribution >= 0.6 is 0 Å². The number of rotatable bonds is 3. The minimum atomic E-state index is -0.644. The second-order valence-corrected chi connectivity index (χ2v) is 4.13. The van der Waals surface area contributed by atoms with Gasteiger partial charge in [-0.15, -0.1) is 0 Å². The van der Waals surface area contributed by atoms with Gasteiger partial charge in [-0.25, -0.2) is 0 Å². The highest BCUT2D eigenvalue weighted by Crippen LogP contribution is 2.30. The summed E-state index contributed by atoms with van der Waals surface area (Å²) in [5, 5.41) is 10.3. The van der Waals surface area contributed by atoms with Gasteiger partial charge in [-0.3, -0.25) is 0 Å². The number of aliphatic hydroxyl groups is 1. The van der Waals surface area contributed by atoms with Crippen molar-refractivity contribution in [2.45, 2.75) is 39.2 Å². The van der Waals surface area contributed by atoms with E-state index in [0.717, 1.165) is 19.4 Å². The molecule has 0 aliphatic carbocycles. The van der Waals surface area contributed by atoms with Crippen LogP contribution in [0.1, 0.15) is 33.6 Å². The van der Waals surface area contributed by atoms with E-state index in [2.05, 4.69) is 0 Å². The topological polar surface area (TPSA) is 29.5 Å². The zero-order valence-electron chi connectivity index (χ0n) is 8.84. The van der Waals surface area contributed by atoms with Crippen LogP contribution in [-0.2, 0) is 4.74 Å². The highest BCUT2D eigenvalue weighted by atomic mass is 16.5. The lowest BCUT2D eigenvalue weighted by molar-refractivity contribution is 0.0181. The molecular weight excluding hydrogens is 164 g/mol. The van der Waals surface area contributed by atoms with E-state index in [9.17, 15) is 5.11 Å². The van der Waals surface area contributed by atoms with Crippen LogP contribution in [0.25, 0.3) is 0 Å². The van der Waals surface area contributed by atoms with E-state index in [1.807, 2.05) is 26.8 Å². The fourth-order valence-corrected chi connectivity index (χ4v) is 1.94. The molecule has 0 radical (unpaired) electrons. The molecule has 1 heterocycles. The Balaban J connectivity index is 2.72. The Kier molecular flexibility index (Phi) is 3.51. The van der Waals surface area contributed by atoms with Gasteiger partial charge in [0.15, 0.2) is 0 Å². The predicted molar refractivity (Wildman–Crippen MR) is 53.6 cm³/mol. The van der Waals surface area contributed by atoms with Crippen molar-refractivity contribution in [2.24, 2.45) is 5.92 Å². The maximum Gasteiger partial charge on any atom is 0.0878 e. The highest BCUT2D eigenvalue weighted by Gasteiger charge is 2.35. The lowest BCUT2D eigenvalue weighted by atomic mass is 9.83. The van der Waals surface area contributed by atoms with Crippen LogP contribution in [0.5, 0.6) is 0 Å². The van der Waals surface area contributed by atoms with Crippen molar-refractivity contribution >= 4 is 0 Å². The first kappa shape index (κ1) is 10.7. The largest absolute Gasteiger partial charge is 0.385 e. The van der Waals surface area contributed by atoms with Crippen LogP contribution in [0.2, 0.25) is 0 Å². The molecule has 2 heteroatoms. The van der Waals surface area contributed by atoms with E-state index >= 15 is 0 Å². The SMILES string of the molecule is CCC(O)(C=C(C)C)C1CCOC1. The first-order valence-electron chi connectivity index (χ1n) is 5.04. The Morgan fingerprint density at radius 1 is 1.62 bits per heavy atom. The van der Waals surface area contributed by atoms with Crippen molar-refractivity contribution in [3.05, 3.63) is 11.6 Å². The van der Waals surface area contributed by atoms with E-state index in [4.69, 9.17) is 4.74 Å². The van der Waals surface area contributed by atoms with Crippen LogP contribution in [0.3, 0.4) is 0 Å². The Morgan fingerprint density at radius 3 is 2.69 bits per heavy atom. The van der Waals surface area contributed by atoms with E-state index in [1.54, 1.807) is 0 Å². The molecular formula is C11H20O2. The van der Waals surface area contributed by atoms with Crippen molar-refractivity contribution in [3.8, 4) is 0 Å². The van der Waals surface area contributed by atoms with Gasteiger partial charge in [0.1, 0.15) is 0 Å². The predicted octanol–water partition coefficient (Wildman–Crippen LogP) is 2.13. The molecule has 1 aliphatic heterocycles. The van der Waals surface area contributed by atoms with Gasteiger partial charge < -0.3 is 9.84 Å². The zero-order valence-corrected chi connectivity index (χ0v) is 8.84. The van der Waals surface area contributed by atoms with Crippen molar-refractivity contribution < 1.29 is 9.84 Å². The summed E-state index contributed by atoms with van der Waals surface area (Å²) in [6.07, 6.45) is 3.73. The van der Waals surface area contributed by atoms with Gasteiger partial charge in [0, 0.05) is 12.5 Å². The summed E-state index contributed by atoms with van der Waals surface area (Å²) in [5.74, 6) is 0.285. The van der Waals surface area contributed by atoms with Gasteiger partial charge in [-0.2, -0.15) is 0 Å². The molecule has 13 heavy (non-hydrogen) atoms. The summed E-state index contributed by atoms with van der Waals surface area (Å²) in [5.41, 5.74) is 0.534. The third-order valence-corrected chi connectivity index (χ3v) is 2.74. The maximum absolute atomic E-state index is 10.3. The molecule has 0 bridgehead atoms. The van der Waals surface area contributed by atoms with E-state index < -0.39 is 5.60 Å². The van der Waals surface area contributed by atoms with Crippen LogP contribution in [0, 0.1) is 5.92 Å². The van der Waals surface area contributed by atoms with Crippen LogP contribution in [0.15, 0.2) is 11.6 Å². The molecule has 0 aromatic rings. The monoisotopic (exact) mass is 184 g/mol. The lowest BCUT2D eigenvalue weighted by Crippen LogP contribution is -2.35. The summed E-state index contributed by atoms with van der Waals surface area (Å²) in [4.78, 5) is 0. The maximum atomic E-state index is 10.3. The molecule has 1 rings (SSSR count). The second-order valence-electron chi connectivity index (χ2n) is 4.13. The van der Waals surface area contributed by atoms with Gasteiger partial charge in [0.05, 0.1) is 12.2 Å². The molecule has 2 atom stereocenters. The van der Waals surface area contributed by atoms with Crippen molar-refractivity contribution in [1.29, 1.82) is 0 Å². The molecule has 2 nitrogen and oxygen atoms in total. The fourth-order valence-electron chi connectivity index (χ4n) is 1.94. The average molecular weight is 184 g/mol. The minimum Gasteiger partial charge on any atom is -0.385 e. The van der Waals surface area contributed by atoms with Gasteiger partial charge in [0.25, 0.3) is 0 Å². The van der Waals surface area contributed by atoms with Gasteiger partial charge >= 0.3 is 0 Å². The summed E-state index contributed by atoms with van der Waals surface area (Å²) in [7, 11) is 0. The van der Waals surface area contributed by atoms with Crippen molar-refractivity contribution in [3.63, 3.8) is 0 Å². The van der Waals surface area contributed by atoms with Crippen molar-refractivity contribution in [2.75, 3.05) is 13.2 Å². The second kappa shape index (κ2) is 4.25. The van der Waals surface area contributed by atoms with Gasteiger partial charge in [-0.05, 0) is 26.7 Å². The number of hydrogen-bond donors (Lipinski definition) is 1. The van der Waals surface area contributed by atoms with E-state index in [0.29, 0.717) is 6.61 Å². The first-order chi connectivity index (χ1) is 6.08. The third kappa shape index (κ3) is 2.55. The van der Waals surface area contributed by atoms with Gasteiger partial charge in [-0.1, -0.05) is 18.6 Å². The smallest absolute Gasteiger partial charge is 0.0878 e. The third-order valence-electron chi connectivity index (χ3n) is 2.74. The average Bonchev–Trinajstić information content (AvgIpc) is 2.55. The van der Waals surface area contributed by atoms with Crippen molar-refractivity contribution in [1.82, 2.24) is 0 Å². The molecule has 0 spiro atoms. The summed E-state index contributed by atoms with van der Waals surface area (Å²) >= 11 is 0. The first-order valence-corrected chi connectivity index (χ1v) is 5.04. The van der Waals surface area contributed by atoms with E-state index in [1.165, 1.54) is 5.57 Å². The summed E-state index contributed by atoms with van der Waals surface area (Å²) in [6, 6.07) is 0. The number of hydrogen-bond acceptors (Lipinski definition) is 2. The molecule has 1 N–H and O–H groups in total. The minimum absolute atomic E-state index is 0.285. The fraction of sp³-hybridized carbons (Fsp3) is 0.818. The van der Waals surface area contributed by atoms with Gasteiger partial charge in [0.2, 0.25) is 0 Å². The highest BCUT2D eigenvalue weighted by molar-refractivity contribution is 5.09. The standard InChI is InChI=1S/C11H20O2/c1-4-11(12,7-9(2)3)10-5-6-13-8-10/h7,10,12H,4-6,8H2,1-3H3. The zero-order chi connectivity index (χ0) is 9.90. The van der Waals surface area contributed by atoms with Crippen LogP contribution < -0.4 is 0 Å². The Hall–Kier alpha value is -0.340. The van der Waals surface area contributed by atoms with Crippen LogP contribution in [0.4, 0.5) is 0 Å². The number of ether oxygens (including phenoxy) is 1. The molecule has 1 fully saturated rings. The van der Waals surface area contributed by atoms with Crippen LogP contribution in [-0.4, -0.2) is 23.9 Å². The molecule has 0 amide bonds. The quantitative estimate of drug-likeness (QED) is 0.681. The van der Waals surface area contributed by atoms with E-state index in [-0.39, 0.29) is 5.92 Å². The molecule has 0 aromatic heterocycles. The molecule has 0 saturated carbocycles. The molecule has 1 saturated heterocycles. The summed E-state index contributed by atoms with van der Waals surface area (Å²) in [6.45, 7) is 7.57. The molecule has 76 valence electrons. The number of allylic oxidation sites excluding steroid dienone is 1. The Labute approximate surface area is 80.6 Å². The normalized spacial score (nSPS) is 26.9. The molecule has 2 unspecified atom stereocenters. The molecule has 0 aromatic carbocycles. The molecule has 1 aliphatic rings. The lowest BCUT2D eigenvalue weighted by Gasteiger charge is -2.29.